The van der Waals surface area contributed by atoms with Crippen LogP contribution in [-0.4, -0.2) is 11.5 Å². The second-order valence-electron chi connectivity index (χ2n) is 6.44. The van der Waals surface area contributed by atoms with Gasteiger partial charge in [0.25, 0.3) is 0 Å². The highest BCUT2D eigenvalue weighted by Crippen LogP contribution is 2.24. The fourth-order valence-corrected chi connectivity index (χ4v) is 3.98. The Morgan fingerprint density at radius 1 is 0.852 bits per heavy atom. The molecule has 0 radical (unpaired) electrons. The van der Waals surface area contributed by atoms with Crippen molar-refractivity contribution in [3.05, 3.63) is 95.0 Å². The molecular formula is C24H22N2S. The molecule has 0 saturated heterocycles. The van der Waals surface area contributed by atoms with Crippen molar-refractivity contribution >= 4 is 39.4 Å². The van der Waals surface area contributed by atoms with Gasteiger partial charge in [-0.1, -0.05) is 60.7 Å². The molecule has 3 aromatic carbocycles. The van der Waals surface area contributed by atoms with E-state index < -0.39 is 0 Å². The molecule has 1 aromatic heterocycles. The first-order valence-corrected chi connectivity index (χ1v) is 10.1. The Morgan fingerprint density at radius 3 is 2.33 bits per heavy atom. The van der Waals surface area contributed by atoms with Crippen LogP contribution in [0.1, 0.15) is 23.1 Å². The number of para-hydroxylation sites is 1. The molecule has 0 unspecified atom stereocenters. The first-order chi connectivity index (χ1) is 13.3. The van der Waals surface area contributed by atoms with E-state index in [1.54, 1.807) is 11.3 Å². The first kappa shape index (κ1) is 17.5. The maximum Gasteiger partial charge on any atom is 0.117 e. The highest BCUT2D eigenvalue weighted by molar-refractivity contribution is 7.19. The predicted molar refractivity (Wildman–Crippen MR) is 118 cm³/mol. The Kier molecular flexibility index (Phi) is 5.31. The van der Waals surface area contributed by atoms with E-state index in [1.807, 2.05) is 6.07 Å². The standard InChI is InChI=1S/C24H22N2S/c1-2-26(18-20-8-4-3-5-9-20)21-15-12-19(13-16-21)14-17-24-25-22-10-6-7-11-23(22)27-24/h3-17H,2,18H2,1H3/b17-14+. The van der Waals surface area contributed by atoms with Crippen molar-refractivity contribution in [3.8, 4) is 0 Å². The molecule has 0 bridgehead atoms. The summed E-state index contributed by atoms with van der Waals surface area (Å²) in [4.78, 5) is 7.04. The molecule has 4 aromatic rings. The summed E-state index contributed by atoms with van der Waals surface area (Å²) in [6, 6.07) is 27.6. The summed E-state index contributed by atoms with van der Waals surface area (Å²) in [5.74, 6) is 0. The minimum Gasteiger partial charge on any atom is -0.367 e. The molecule has 1 heterocycles. The molecule has 0 fully saturated rings. The molecule has 27 heavy (non-hydrogen) atoms. The van der Waals surface area contributed by atoms with Crippen LogP contribution in [0, 0.1) is 0 Å². The molecule has 4 rings (SSSR count). The van der Waals surface area contributed by atoms with Gasteiger partial charge in [-0.05, 0) is 48.4 Å². The number of fused-ring (bicyclic) bond motifs is 1. The van der Waals surface area contributed by atoms with E-state index in [1.165, 1.54) is 21.5 Å². The Hall–Kier alpha value is -2.91. The van der Waals surface area contributed by atoms with Gasteiger partial charge in [0.2, 0.25) is 0 Å². The number of hydrogen-bond acceptors (Lipinski definition) is 3. The number of nitrogens with zero attached hydrogens (tertiary/aromatic N) is 2. The van der Waals surface area contributed by atoms with Crippen LogP contribution in [0.4, 0.5) is 5.69 Å². The van der Waals surface area contributed by atoms with Crippen molar-refractivity contribution in [3.63, 3.8) is 0 Å². The van der Waals surface area contributed by atoms with Gasteiger partial charge in [0.05, 0.1) is 10.2 Å². The molecule has 0 aliphatic rings. The third kappa shape index (κ3) is 4.26. The highest BCUT2D eigenvalue weighted by Gasteiger charge is 2.05. The zero-order valence-electron chi connectivity index (χ0n) is 15.4. The summed E-state index contributed by atoms with van der Waals surface area (Å²) in [5.41, 5.74) is 4.84. The first-order valence-electron chi connectivity index (χ1n) is 9.24. The van der Waals surface area contributed by atoms with Crippen molar-refractivity contribution in [2.75, 3.05) is 11.4 Å². The average Bonchev–Trinajstić information content (AvgIpc) is 3.15. The van der Waals surface area contributed by atoms with Gasteiger partial charge in [-0.3, -0.25) is 0 Å². The van der Waals surface area contributed by atoms with Crippen LogP contribution in [-0.2, 0) is 6.54 Å². The van der Waals surface area contributed by atoms with Crippen LogP contribution in [0.3, 0.4) is 0 Å². The lowest BCUT2D eigenvalue weighted by molar-refractivity contribution is 0.832. The van der Waals surface area contributed by atoms with Crippen molar-refractivity contribution in [1.29, 1.82) is 0 Å². The Bertz CT molecular complexity index is 1000. The summed E-state index contributed by atoms with van der Waals surface area (Å²) in [6.07, 6.45) is 4.23. The topological polar surface area (TPSA) is 16.1 Å². The predicted octanol–water partition coefficient (Wildman–Crippen LogP) is 6.49. The average molecular weight is 371 g/mol. The maximum atomic E-state index is 4.66. The molecule has 0 aliphatic carbocycles. The summed E-state index contributed by atoms with van der Waals surface area (Å²) < 4.78 is 1.23. The minimum absolute atomic E-state index is 0.929. The van der Waals surface area contributed by atoms with Gasteiger partial charge in [0.1, 0.15) is 5.01 Å². The van der Waals surface area contributed by atoms with Crippen molar-refractivity contribution in [1.82, 2.24) is 4.98 Å². The Balaban J connectivity index is 1.47. The number of aromatic nitrogens is 1. The minimum atomic E-state index is 0.929. The molecule has 2 nitrogen and oxygen atoms in total. The molecular weight excluding hydrogens is 348 g/mol. The van der Waals surface area contributed by atoms with Crippen LogP contribution >= 0.6 is 11.3 Å². The highest BCUT2D eigenvalue weighted by atomic mass is 32.1. The lowest BCUT2D eigenvalue weighted by Crippen LogP contribution is -2.21. The zero-order valence-corrected chi connectivity index (χ0v) is 16.2. The van der Waals surface area contributed by atoms with E-state index in [4.69, 9.17) is 0 Å². The largest absolute Gasteiger partial charge is 0.367 e. The Morgan fingerprint density at radius 2 is 1.59 bits per heavy atom. The van der Waals surface area contributed by atoms with Gasteiger partial charge in [0, 0.05) is 18.8 Å². The number of rotatable bonds is 6. The molecule has 3 heteroatoms. The maximum absolute atomic E-state index is 4.66. The fraction of sp³-hybridized carbons (Fsp3) is 0.125. The monoisotopic (exact) mass is 370 g/mol. The van der Waals surface area contributed by atoms with Gasteiger partial charge in [0.15, 0.2) is 0 Å². The number of benzene rings is 3. The SMILES string of the molecule is CCN(Cc1ccccc1)c1ccc(/C=C/c2nc3ccccc3s2)cc1. The van der Waals surface area contributed by atoms with Gasteiger partial charge in [-0.25, -0.2) is 4.98 Å². The summed E-state index contributed by atoms with van der Waals surface area (Å²) in [5, 5.41) is 1.04. The van der Waals surface area contributed by atoms with Crippen LogP contribution in [0.15, 0.2) is 78.9 Å². The van der Waals surface area contributed by atoms with Gasteiger partial charge >= 0.3 is 0 Å². The fourth-order valence-electron chi connectivity index (χ4n) is 3.11. The van der Waals surface area contributed by atoms with Crippen LogP contribution in [0.25, 0.3) is 22.4 Å². The Labute approximate surface area is 164 Å². The third-order valence-corrected chi connectivity index (χ3v) is 5.59. The lowest BCUT2D eigenvalue weighted by Gasteiger charge is -2.23. The number of thiazole rings is 1. The summed E-state index contributed by atoms with van der Waals surface area (Å²) in [6.45, 7) is 4.11. The van der Waals surface area contributed by atoms with E-state index in [2.05, 4.69) is 102 Å². The van der Waals surface area contributed by atoms with Gasteiger partial charge in [-0.15, -0.1) is 11.3 Å². The van der Waals surface area contributed by atoms with Crippen molar-refractivity contribution in [2.24, 2.45) is 0 Å². The molecule has 0 aliphatic heterocycles. The van der Waals surface area contributed by atoms with Crippen LogP contribution < -0.4 is 4.90 Å². The summed E-state index contributed by atoms with van der Waals surface area (Å²) >= 11 is 1.72. The zero-order chi connectivity index (χ0) is 18.5. The van der Waals surface area contributed by atoms with Crippen molar-refractivity contribution < 1.29 is 0 Å². The molecule has 0 spiro atoms. The van der Waals surface area contributed by atoms with E-state index in [0.717, 1.165) is 23.6 Å². The molecule has 134 valence electrons. The third-order valence-electron chi connectivity index (χ3n) is 4.59. The second kappa shape index (κ2) is 8.19. The normalized spacial score (nSPS) is 11.3. The van der Waals surface area contributed by atoms with Crippen molar-refractivity contribution in [2.45, 2.75) is 13.5 Å². The van der Waals surface area contributed by atoms with E-state index in [9.17, 15) is 0 Å². The van der Waals surface area contributed by atoms with Crippen LogP contribution in [0.2, 0.25) is 0 Å². The molecule has 0 amide bonds. The summed E-state index contributed by atoms with van der Waals surface area (Å²) in [7, 11) is 0. The lowest BCUT2D eigenvalue weighted by atomic mass is 10.1. The number of hydrogen-bond donors (Lipinski definition) is 0. The van der Waals surface area contributed by atoms with Crippen LogP contribution in [0.5, 0.6) is 0 Å². The van der Waals surface area contributed by atoms with E-state index in [0.29, 0.717) is 0 Å². The molecule has 0 N–H and O–H groups in total. The second-order valence-corrected chi connectivity index (χ2v) is 7.51. The van der Waals surface area contributed by atoms with E-state index >= 15 is 0 Å². The quantitative estimate of drug-likeness (QED) is 0.385. The number of anilines is 1. The smallest absolute Gasteiger partial charge is 0.117 e. The molecule has 0 saturated carbocycles. The van der Waals surface area contributed by atoms with Gasteiger partial charge in [-0.2, -0.15) is 0 Å². The molecule has 0 atom stereocenters. The van der Waals surface area contributed by atoms with Gasteiger partial charge < -0.3 is 4.90 Å². The van der Waals surface area contributed by atoms with E-state index in [-0.39, 0.29) is 0 Å².